The summed E-state index contributed by atoms with van der Waals surface area (Å²) in [6.07, 6.45) is -0.513. The molecule has 25 heavy (non-hydrogen) atoms. The van der Waals surface area contributed by atoms with Gasteiger partial charge in [-0.2, -0.15) is 0 Å². The van der Waals surface area contributed by atoms with Gasteiger partial charge < -0.3 is 10.1 Å². The lowest BCUT2D eigenvalue weighted by Gasteiger charge is -2.04. The Morgan fingerprint density at radius 2 is 1.88 bits per heavy atom. The average molecular weight is 351 g/mol. The third-order valence-corrected chi connectivity index (χ3v) is 3.72. The molecule has 1 N–H and O–H groups in total. The summed E-state index contributed by atoms with van der Waals surface area (Å²) in [5.74, 6) is 5.77. The molecule has 1 heterocycles. The fourth-order valence-corrected chi connectivity index (χ4v) is 2.40. The van der Waals surface area contributed by atoms with Crippen molar-refractivity contribution in [3.8, 4) is 11.8 Å². The van der Waals surface area contributed by atoms with Crippen LogP contribution in [0.15, 0.2) is 60.7 Å². The molecule has 0 aliphatic rings. The molecule has 3 rings (SSSR count). The van der Waals surface area contributed by atoms with Crippen molar-refractivity contribution < 1.29 is 9.53 Å². The Morgan fingerprint density at radius 3 is 2.72 bits per heavy atom. The number of nitrogens with zero attached hydrogens (tertiary/aromatic N) is 1. The smallest absolute Gasteiger partial charge is 0.408 e. The molecule has 4 nitrogen and oxygen atoms in total. The molecule has 1 amide bonds. The molecule has 0 spiro atoms. The van der Waals surface area contributed by atoms with Crippen molar-refractivity contribution in [2.45, 2.75) is 6.61 Å². The van der Waals surface area contributed by atoms with Crippen LogP contribution >= 0.6 is 11.6 Å². The lowest BCUT2D eigenvalue weighted by molar-refractivity contribution is 0.141. The third kappa shape index (κ3) is 4.72. The number of rotatable bonds is 3. The summed E-state index contributed by atoms with van der Waals surface area (Å²) in [5, 5.41) is 3.89. The van der Waals surface area contributed by atoms with E-state index in [4.69, 9.17) is 16.3 Å². The lowest BCUT2D eigenvalue weighted by atomic mass is 10.1. The zero-order valence-corrected chi connectivity index (χ0v) is 14.1. The van der Waals surface area contributed by atoms with Crippen LogP contribution in [0.5, 0.6) is 0 Å². The van der Waals surface area contributed by atoms with Gasteiger partial charge in [0.1, 0.15) is 11.8 Å². The van der Waals surface area contributed by atoms with Crippen LogP contribution in [0.4, 0.5) is 4.79 Å². The number of para-hydroxylation sites is 1. The number of pyridine rings is 1. The zero-order valence-electron chi connectivity index (χ0n) is 13.3. The first-order valence-electron chi connectivity index (χ1n) is 7.71. The third-order valence-electron chi connectivity index (χ3n) is 3.43. The molecule has 0 unspecified atom stereocenters. The minimum atomic E-state index is -0.513. The molecule has 5 heteroatoms. The van der Waals surface area contributed by atoms with E-state index in [9.17, 15) is 4.79 Å². The van der Waals surface area contributed by atoms with Gasteiger partial charge in [-0.15, -0.1) is 0 Å². The standard InChI is InChI=1S/C20H15ClN2O2/c21-19-17(13-16-9-4-5-11-18(16)23-19)10-6-12-22-20(24)25-14-15-7-2-1-3-8-15/h1-5,7-9,11,13H,12,14H2,(H,22,24). The Hall–Kier alpha value is -3.03. The van der Waals surface area contributed by atoms with Crippen molar-refractivity contribution >= 4 is 28.6 Å². The summed E-state index contributed by atoms with van der Waals surface area (Å²) in [5.41, 5.74) is 2.37. The molecule has 0 bridgehead atoms. The Kier molecular flexibility index (Phi) is 5.50. The molecule has 1 aromatic heterocycles. The molecule has 0 aliphatic carbocycles. The fraction of sp³-hybridized carbons (Fsp3) is 0.100. The Labute approximate surface area is 150 Å². The van der Waals surface area contributed by atoms with Crippen molar-refractivity contribution in [2.75, 3.05) is 6.54 Å². The summed E-state index contributed by atoms with van der Waals surface area (Å²) in [6, 6.07) is 19.0. The summed E-state index contributed by atoms with van der Waals surface area (Å²) in [7, 11) is 0. The zero-order chi connectivity index (χ0) is 17.5. The number of amides is 1. The minimum Gasteiger partial charge on any atom is -0.445 e. The van der Waals surface area contributed by atoms with Crippen LogP contribution in [0.3, 0.4) is 0 Å². The Morgan fingerprint density at radius 1 is 1.12 bits per heavy atom. The van der Waals surface area contributed by atoms with Gasteiger partial charge in [0.05, 0.1) is 17.6 Å². The van der Waals surface area contributed by atoms with Gasteiger partial charge in [0.2, 0.25) is 0 Å². The highest BCUT2D eigenvalue weighted by atomic mass is 35.5. The highest BCUT2D eigenvalue weighted by Gasteiger charge is 2.03. The number of nitrogens with one attached hydrogen (secondary N) is 1. The quantitative estimate of drug-likeness (QED) is 0.570. The number of benzene rings is 2. The molecule has 124 valence electrons. The van der Waals surface area contributed by atoms with Crippen molar-refractivity contribution in [3.05, 3.63) is 76.9 Å². The Bertz CT molecular complexity index is 946. The molecule has 0 fully saturated rings. The maximum Gasteiger partial charge on any atom is 0.408 e. The van der Waals surface area contributed by atoms with Crippen LogP contribution in [-0.4, -0.2) is 17.6 Å². The SMILES string of the molecule is O=C(NCC#Cc1cc2ccccc2nc1Cl)OCc1ccccc1. The number of hydrogen-bond acceptors (Lipinski definition) is 3. The number of aromatic nitrogens is 1. The predicted octanol–water partition coefficient (Wildman–Crippen LogP) is 4.17. The monoisotopic (exact) mass is 350 g/mol. The number of ether oxygens (including phenoxy) is 1. The summed E-state index contributed by atoms with van der Waals surface area (Å²) in [4.78, 5) is 15.9. The van der Waals surface area contributed by atoms with Gasteiger partial charge >= 0.3 is 6.09 Å². The average Bonchev–Trinajstić information content (AvgIpc) is 2.64. The summed E-state index contributed by atoms with van der Waals surface area (Å²) in [6.45, 7) is 0.386. The Balaban J connectivity index is 1.54. The van der Waals surface area contributed by atoms with E-state index in [2.05, 4.69) is 22.1 Å². The second kappa shape index (κ2) is 8.18. The van der Waals surface area contributed by atoms with E-state index >= 15 is 0 Å². The molecule has 0 radical (unpaired) electrons. The number of alkyl carbamates (subject to hydrolysis) is 1. The van der Waals surface area contributed by atoms with E-state index in [0.717, 1.165) is 16.5 Å². The van der Waals surface area contributed by atoms with Crippen LogP contribution < -0.4 is 5.32 Å². The minimum absolute atomic E-state index is 0.163. The van der Waals surface area contributed by atoms with Gasteiger partial charge in [0.15, 0.2) is 0 Å². The molecular weight excluding hydrogens is 336 g/mol. The predicted molar refractivity (Wildman–Crippen MR) is 98.3 cm³/mol. The number of carbonyl (C=O) groups is 1. The van der Waals surface area contributed by atoms with E-state index in [0.29, 0.717) is 10.7 Å². The number of hydrogen-bond donors (Lipinski definition) is 1. The molecule has 0 atom stereocenters. The normalized spacial score (nSPS) is 9.96. The highest BCUT2D eigenvalue weighted by molar-refractivity contribution is 6.31. The van der Waals surface area contributed by atoms with Gasteiger partial charge in [0, 0.05) is 5.39 Å². The first-order chi connectivity index (χ1) is 12.2. The first kappa shape index (κ1) is 16.8. The summed E-state index contributed by atoms with van der Waals surface area (Å²) >= 11 is 6.14. The van der Waals surface area contributed by atoms with Crippen molar-refractivity contribution in [1.29, 1.82) is 0 Å². The maximum atomic E-state index is 11.6. The second-order valence-electron chi connectivity index (χ2n) is 5.24. The van der Waals surface area contributed by atoms with E-state index in [1.165, 1.54) is 0 Å². The molecule has 3 aromatic rings. The topological polar surface area (TPSA) is 51.2 Å². The van der Waals surface area contributed by atoms with E-state index in [-0.39, 0.29) is 13.2 Å². The number of fused-ring (bicyclic) bond motifs is 1. The summed E-state index contributed by atoms with van der Waals surface area (Å²) < 4.78 is 5.11. The van der Waals surface area contributed by atoms with Crippen LogP contribution in [0.1, 0.15) is 11.1 Å². The molecule has 0 saturated carbocycles. The van der Waals surface area contributed by atoms with Gasteiger partial charge in [-0.05, 0) is 17.7 Å². The van der Waals surface area contributed by atoms with Crippen LogP contribution in [-0.2, 0) is 11.3 Å². The maximum absolute atomic E-state index is 11.6. The molecular formula is C20H15ClN2O2. The van der Waals surface area contributed by atoms with Crippen molar-refractivity contribution in [3.63, 3.8) is 0 Å². The van der Waals surface area contributed by atoms with Gasteiger partial charge in [-0.1, -0.05) is 72.0 Å². The molecule has 2 aromatic carbocycles. The lowest BCUT2D eigenvalue weighted by Crippen LogP contribution is -2.24. The van der Waals surface area contributed by atoms with Crippen LogP contribution in [0, 0.1) is 11.8 Å². The molecule has 0 aliphatic heterocycles. The highest BCUT2D eigenvalue weighted by Crippen LogP contribution is 2.19. The van der Waals surface area contributed by atoms with E-state index in [1.54, 1.807) is 0 Å². The number of carbonyl (C=O) groups excluding carboxylic acids is 1. The van der Waals surface area contributed by atoms with Crippen molar-refractivity contribution in [1.82, 2.24) is 10.3 Å². The van der Waals surface area contributed by atoms with Crippen LogP contribution in [0.25, 0.3) is 10.9 Å². The largest absolute Gasteiger partial charge is 0.445 e. The second-order valence-corrected chi connectivity index (χ2v) is 5.59. The van der Waals surface area contributed by atoms with Gasteiger partial charge in [0.25, 0.3) is 0 Å². The van der Waals surface area contributed by atoms with Crippen molar-refractivity contribution in [2.24, 2.45) is 0 Å². The fourth-order valence-electron chi connectivity index (χ4n) is 2.21. The van der Waals surface area contributed by atoms with Gasteiger partial charge in [-0.3, -0.25) is 0 Å². The van der Waals surface area contributed by atoms with Crippen LogP contribution in [0.2, 0.25) is 5.15 Å². The molecule has 0 saturated heterocycles. The first-order valence-corrected chi connectivity index (χ1v) is 8.09. The van der Waals surface area contributed by atoms with E-state index in [1.807, 2.05) is 60.7 Å². The van der Waals surface area contributed by atoms with Gasteiger partial charge in [-0.25, -0.2) is 9.78 Å². The number of halogens is 1. The van der Waals surface area contributed by atoms with E-state index < -0.39 is 6.09 Å².